The van der Waals surface area contributed by atoms with Crippen LogP contribution in [0.15, 0.2) is 48.5 Å². The fourth-order valence-electron chi connectivity index (χ4n) is 2.55. The van der Waals surface area contributed by atoms with Crippen molar-refractivity contribution in [3.63, 3.8) is 0 Å². The fraction of sp³-hybridized carbons (Fsp3) is 0.316. The molecule has 0 saturated carbocycles. The molecule has 1 N–H and O–H groups in total. The minimum atomic E-state index is -3.70. The molecule has 2 aromatic carbocycles. The summed E-state index contributed by atoms with van der Waals surface area (Å²) in [7, 11) is -2.11. The van der Waals surface area contributed by atoms with Crippen LogP contribution in [0.5, 0.6) is 5.75 Å². The SMILES string of the molecule is COc1ccc(CCNC(=O)CCN(c2ccccc2F)S(C)(=O)=O)cc1. The topological polar surface area (TPSA) is 75.7 Å². The summed E-state index contributed by atoms with van der Waals surface area (Å²) in [5, 5.41) is 2.75. The Morgan fingerprint density at radius 3 is 2.41 bits per heavy atom. The molecule has 0 aromatic heterocycles. The molecule has 6 nitrogen and oxygen atoms in total. The molecular weight excluding hydrogens is 371 g/mol. The normalized spacial score (nSPS) is 11.1. The van der Waals surface area contributed by atoms with E-state index in [0.717, 1.165) is 21.9 Å². The zero-order valence-electron chi connectivity index (χ0n) is 15.3. The van der Waals surface area contributed by atoms with Gasteiger partial charge in [-0.15, -0.1) is 0 Å². The smallest absolute Gasteiger partial charge is 0.232 e. The van der Waals surface area contributed by atoms with Crippen LogP contribution in [-0.2, 0) is 21.2 Å². The van der Waals surface area contributed by atoms with Gasteiger partial charge in [0.15, 0.2) is 0 Å². The number of ether oxygens (including phenoxy) is 1. The van der Waals surface area contributed by atoms with Crippen molar-refractivity contribution < 1.29 is 22.3 Å². The Labute approximate surface area is 159 Å². The van der Waals surface area contributed by atoms with Gasteiger partial charge in [-0.3, -0.25) is 9.10 Å². The van der Waals surface area contributed by atoms with E-state index in [4.69, 9.17) is 4.74 Å². The summed E-state index contributed by atoms with van der Waals surface area (Å²) in [6.07, 6.45) is 1.56. The molecule has 0 atom stereocenters. The number of hydrogen-bond acceptors (Lipinski definition) is 4. The maximum atomic E-state index is 13.9. The number of carbonyl (C=O) groups is 1. The number of carbonyl (C=O) groups excluding carboxylic acids is 1. The van der Waals surface area contributed by atoms with E-state index in [9.17, 15) is 17.6 Å². The zero-order chi connectivity index (χ0) is 19.9. The number of amides is 1. The number of nitrogens with one attached hydrogen (secondary N) is 1. The van der Waals surface area contributed by atoms with Gasteiger partial charge in [0.1, 0.15) is 11.6 Å². The van der Waals surface area contributed by atoms with Gasteiger partial charge >= 0.3 is 0 Å². The van der Waals surface area contributed by atoms with Gasteiger partial charge in [-0.05, 0) is 36.2 Å². The van der Waals surface area contributed by atoms with Gasteiger partial charge in [0, 0.05) is 19.5 Å². The highest BCUT2D eigenvalue weighted by Crippen LogP contribution is 2.21. The second kappa shape index (κ2) is 9.36. The summed E-state index contributed by atoms with van der Waals surface area (Å²) in [5.41, 5.74) is 0.978. The van der Waals surface area contributed by atoms with Gasteiger partial charge in [0.25, 0.3) is 0 Å². The maximum absolute atomic E-state index is 13.9. The largest absolute Gasteiger partial charge is 0.497 e. The molecule has 0 fully saturated rings. The van der Waals surface area contributed by atoms with Crippen LogP contribution in [-0.4, -0.2) is 40.8 Å². The molecular formula is C19H23FN2O4S. The zero-order valence-corrected chi connectivity index (χ0v) is 16.1. The Kier molecular flexibility index (Phi) is 7.18. The average Bonchev–Trinajstić information content (AvgIpc) is 2.63. The third kappa shape index (κ3) is 6.25. The molecule has 0 aliphatic carbocycles. The summed E-state index contributed by atoms with van der Waals surface area (Å²) < 4.78 is 43.9. The van der Waals surface area contributed by atoms with Gasteiger partial charge in [-0.2, -0.15) is 0 Å². The maximum Gasteiger partial charge on any atom is 0.232 e. The predicted molar refractivity (Wildman–Crippen MR) is 103 cm³/mol. The van der Waals surface area contributed by atoms with Crippen molar-refractivity contribution in [1.82, 2.24) is 5.32 Å². The van der Waals surface area contributed by atoms with Crippen LogP contribution < -0.4 is 14.4 Å². The molecule has 2 aromatic rings. The molecule has 0 saturated heterocycles. The Balaban J connectivity index is 1.87. The predicted octanol–water partition coefficient (Wildman–Crippen LogP) is 2.35. The molecule has 0 radical (unpaired) electrons. The Morgan fingerprint density at radius 1 is 1.15 bits per heavy atom. The van der Waals surface area contributed by atoms with Crippen LogP contribution in [0.25, 0.3) is 0 Å². The number of sulfonamides is 1. The summed E-state index contributed by atoms with van der Waals surface area (Å²) in [4.78, 5) is 12.0. The lowest BCUT2D eigenvalue weighted by Gasteiger charge is -2.22. The molecule has 0 unspecified atom stereocenters. The molecule has 0 aliphatic heterocycles. The van der Waals surface area contributed by atoms with Gasteiger partial charge in [0.05, 0.1) is 19.1 Å². The summed E-state index contributed by atoms with van der Waals surface area (Å²) in [5.74, 6) is -0.187. The van der Waals surface area contributed by atoms with E-state index in [1.165, 1.54) is 18.2 Å². The Morgan fingerprint density at radius 2 is 1.81 bits per heavy atom. The van der Waals surface area contributed by atoms with Crippen LogP contribution in [0.4, 0.5) is 10.1 Å². The lowest BCUT2D eigenvalue weighted by Crippen LogP contribution is -2.35. The number of hydrogen-bond donors (Lipinski definition) is 1. The van der Waals surface area contributed by atoms with Crippen molar-refractivity contribution in [2.75, 3.05) is 30.8 Å². The number of benzene rings is 2. The van der Waals surface area contributed by atoms with Crippen molar-refractivity contribution in [1.29, 1.82) is 0 Å². The summed E-state index contributed by atoms with van der Waals surface area (Å²) in [6.45, 7) is 0.290. The van der Waals surface area contributed by atoms with Crippen LogP contribution in [0.3, 0.4) is 0 Å². The first-order valence-corrected chi connectivity index (χ1v) is 10.3. The molecule has 1 amide bonds. The fourth-order valence-corrected chi connectivity index (χ4v) is 3.48. The lowest BCUT2D eigenvalue weighted by molar-refractivity contribution is -0.120. The highest BCUT2D eigenvalue weighted by molar-refractivity contribution is 7.92. The molecule has 0 aliphatic rings. The standard InChI is InChI=1S/C19H23FN2O4S/c1-26-16-9-7-15(8-10-16)11-13-21-19(23)12-14-22(27(2,24)25)18-6-4-3-5-17(18)20/h3-10H,11-14H2,1-2H3,(H,21,23). The third-order valence-corrected chi connectivity index (χ3v) is 5.14. The van der Waals surface area contributed by atoms with Crippen molar-refractivity contribution in [3.05, 3.63) is 59.9 Å². The van der Waals surface area contributed by atoms with Crippen LogP contribution in [0.1, 0.15) is 12.0 Å². The third-order valence-electron chi connectivity index (χ3n) is 3.96. The Bertz CT molecular complexity index is 870. The number of nitrogens with zero attached hydrogens (tertiary/aromatic N) is 1. The van der Waals surface area contributed by atoms with Crippen molar-refractivity contribution in [2.45, 2.75) is 12.8 Å². The highest BCUT2D eigenvalue weighted by Gasteiger charge is 2.21. The second-order valence-corrected chi connectivity index (χ2v) is 7.89. The number of rotatable bonds is 9. The lowest BCUT2D eigenvalue weighted by atomic mass is 10.1. The second-order valence-electron chi connectivity index (χ2n) is 5.98. The molecule has 2 rings (SSSR count). The van der Waals surface area contributed by atoms with E-state index in [1.54, 1.807) is 13.2 Å². The Hall–Kier alpha value is -2.61. The van der Waals surface area contributed by atoms with E-state index in [0.29, 0.717) is 13.0 Å². The number of methoxy groups -OCH3 is 1. The monoisotopic (exact) mass is 394 g/mol. The first kappa shape index (κ1) is 20.7. The van der Waals surface area contributed by atoms with E-state index in [-0.39, 0.29) is 24.6 Å². The molecule has 146 valence electrons. The van der Waals surface area contributed by atoms with Gasteiger partial charge in [-0.1, -0.05) is 24.3 Å². The molecule has 8 heteroatoms. The average molecular weight is 394 g/mol. The number of anilines is 1. The summed E-state index contributed by atoms with van der Waals surface area (Å²) >= 11 is 0. The first-order valence-electron chi connectivity index (χ1n) is 8.43. The van der Waals surface area contributed by atoms with Gasteiger partial charge in [-0.25, -0.2) is 12.8 Å². The molecule has 0 spiro atoms. The number of halogens is 1. The molecule has 0 bridgehead atoms. The van der Waals surface area contributed by atoms with Crippen LogP contribution >= 0.6 is 0 Å². The number of para-hydroxylation sites is 1. The quantitative estimate of drug-likeness (QED) is 0.708. The first-order chi connectivity index (χ1) is 12.8. The minimum Gasteiger partial charge on any atom is -0.497 e. The van der Waals surface area contributed by atoms with Crippen LogP contribution in [0.2, 0.25) is 0 Å². The van der Waals surface area contributed by atoms with Crippen molar-refractivity contribution >= 4 is 21.6 Å². The van der Waals surface area contributed by atoms with E-state index < -0.39 is 15.8 Å². The van der Waals surface area contributed by atoms with E-state index >= 15 is 0 Å². The van der Waals surface area contributed by atoms with Crippen molar-refractivity contribution in [2.24, 2.45) is 0 Å². The van der Waals surface area contributed by atoms with Crippen molar-refractivity contribution in [3.8, 4) is 5.75 Å². The minimum absolute atomic E-state index is 0.0639. The van der Waals surface area contributed by atoms with Gasteiger partial charge in [0.2, 0.25) is 15.9 Å². The summed E-state index contributed by atoms with van der Waals surface area (Å²) in [6, 6.07) is 13.1. The highest BCUT2D eigenvalue weighted by atomic mass is 32.2. The molecule has 27 heavy (non-hydrogen) atoms. The van der Waals surface area contributed by atoms with E-state index in [2.05, 4.69) is 5.32 Å². The molecule has 0 heterocycles. The van der Waals surface area contributed by atoms with Gasteiger partial charge < -0.3 is 10.1 Å². The van der Waals surface area contributed by atoms with E-state index in [1.807, 2.05) is 24.3 Å². The van der Waals surface area contributed by atoms with Crippen LogP contribution in [0, 0.1) is 5.82 Å².